The Morgan fingerprint density at radius 2 is 1.80 bits per heavy atom. The van der Waals surface area contributed by atoms with Gasteiger partial charge in [-0.3, -0.25) is 4.79 Å². The molecular weight excluding hydrogens is 295 g/mol. The van der Waals surface area contributed by atoms with E-state index in [1.807, 2.05) is 30.3 Å². The van der Waals surface area contributed by atoms with E-state index in [-0.39, 0.29) is 5.78 Å². The minimum Gasteiger partial charge on any atom is -0.489 e. The maximum atomic E-state index is 11.0. The molecule has 2 aromatic rings. The number of carbonyl (C=O) groups is 1. The molecule has 0 spiro atoms. The number of ketones is 1. The van der Waals surface area contributed by atoms with Gasteiger partial charge in [0, 0.05) is 22.0 Å². The van der Waals surface area contributed by atoms with Crippen molar-refractivity contribution in [3.05, 3.63) is 63.6 Å². The van der Waals surface area contributed by atoms with Crippen LogP contribution in [0.3, 0.4) is 0 Å². The van der Waals surface area contributed by atoms with Crippen molar-refractivity contribution in [2.24, 2.45) is 0 Å². The lowest BCUT2D eigenvalue weighted by Gasteiger charge is -2.08. The third kappa shape index (κ3) is 4.26. The first kappa shape index (κ1) is 14.9. The van der Waals surface area contributed by atoms with E-state index < -0.39 is 0 Å². The number of carbonyl (C=O) groups excluding carboxylic acids is 1. The second kappa shape index (κ2) is 6.78. The van der Waals surface area contributed by atoms with Crippen LogP contribution in [-0.4, -0.2) is 5.78 Å². The number of Topliss-reactive ketones (excluding diaryl/α,β-unsaturated/α-hetero) is 1. The van der Waals surface area contributed by atoms with Crippen LogP contribution in [0.2, 0.25) is 10.0 Å². The van der Waals surface area contributed by atoms with Crippen molar-refractivity contribution in [3.8, 4) is 5.75 Å². The molecule has 20 heavy (non-hydrogen) atoms. The first-order valence-corrected chi connectivity index (χ1v) is 6.95. The Balaban J connectivity index is 1.98. The quantitative estimate of drug-likeness (QED) is 0.800. The number of halogens is 2. The molecule has 0 saturated carbocycles. The highest BCUT2D eigenvalue weighted by atomic mass is 35.5. The Bertz CT molecular complexity index is 606. The molecule has 0 aliphatic rings. The van der Waals surface area contributed by atoms with Gasteiger partial charge >= 0.3 is 0 Å². The zero-order valence-electron chi connectivity index (χ0n) is 11.0. The van der Waals surface area contributed by atoms with Gasteiger partial charge in [0.15, 0.2) is 0 Å². The van der Waals surface area contributed by atoms with Crippen molar-refractivity contribution in [2.45, 2.75) is 20.0 Å². The van der Waals surface area contributed by atoms with Crippen LogP contribution in [0.15, 0.2) is 42.5 Å². The molecule has 0 aliphatic heterocycles. The molecule has 0 fully saturated rings. The number of hydrogen-bond acceptors (Lipinski definition) is 2. The van der Waals surface area contributed by atoms with Crippen LogP contribution in [0.25, 0.3) is 0 Å². The van der Waals surface area contributed by atoms with Gasteiger partial charge in [-0.25, -0.2) is 0 Å². The first-order valence-electron chi connectivity index (χ1n) is 6.19. The van der Waals surface area contributed by atoms with Crippen molar-refractivity contribution in [3.63, 3.8) is 0 Å². The fraction of sp³-hybridized carbons (Fsp3) is 0.188. The highest BCUT2D eigenvalue weighted by Crippen LogP contribution is 2.22. The van der Waals surface area contributed by atoms with Gasteiger partial charge in [0.1, 0.15) is 18.1 Å². The molecule has 2 rings (SSSR count). The molecule has 0 unspecified atom stereocenters. The summed E-state index contributed by atoms with van der Waals surface area (Å²) in [6, 6.07) is 12.8. The molecule has 0 aliphatic carbocycles. The highest BCUT2D eigenvalue weighted by Gasteiger charge is 2.03. The zero-order chi connectivity index (χ0) is 14.5. The van der Waals surface area contributed by atoms with Gasteiger partial charge in [-0.1, -0.05) is 41.4 Å². The van der Waals surface area contributed by atoms with Gasteiger partial charge in [-0.15, -0.1) is 0 Å². The monoisotopic (exact) mass is 308 g/mol. The van der Waals surface area contributed by atoms with E-state index >= 15 is 0 Å². The van der Waals surface area contributed by atoms with E-state index in [1.54, 1.807) is 19.1 Å². The molecule has 2 nitrogen and oxygen atoms in total. The molecule has 0 radical (unpaired) electrons. The van der Waals surface area contributed by atoms with Gasteiger partial charge in [-0.2, -0.15) is 0 Å². The van der Waals surface area contributed by atoms with Crippen LogP contribution in [0.4, 0.5) is 0 Å². The van der Waals surface area contributed by atoms with E-state index in [2.05, 4.69) is 0 Å². The summed E-state index contributed by atoms with van der Waals surface area (Å²) in [4.78, 5) is 11.0. The maximum absolute atomic E-state index is 11.0. The van der Waals surface area contributed by atoms with Gasteiger partial charge in [0.25, 0.3) is 0 Å². The summed E-state index contributed by atoms with van der Waals surface area (Å²) < 4.78 is 5.66. The average Bonchev–Trinajstić information content (AvgIpc) is 2.39. The molecule has 0 bridgehead atoms. The molecule has 0 N–H and O–H groups in total. The van der Waals surface area contributed by atoms with Gasteiger partial charge < -0.3 is 4.74 Å². The minimum absolute atomic E-state index is 0.145. The van der Waals surface area contributed by atoms with Crippen molar-refractivity contribution in [2.75, 3.05) is 0 Å². The normalized spacial score (nSPS) is 10.3. The fourth-order valence-electron chi connectivity index (χ4n) is 1.79. The summed E-state index contributed by atoms with van der Waals surface area (Å²) in [6.07, 6.45) is 0.448. The van der Waals surface area contributed by atoms with Crippen molar-refractivity contribution in [1.82, 2.24) is 0 Å². The second-order valence-electron chi connectivity index (χ2n) is 4.55. The standard InChI is InChI=1S/C16H14Cl2O2/c1-11(19)8-12-2-6-15(7-3-12)20-10-13-4-5-14(17)9-16(13)18/h2-7,9H,8,10H2,1H3. The SMILES string of the molecule is CC(=O)Cc1ccc(OCc2ccc(Cl)cc2Cl)cc1. The second-order valence-corrected chi connectivity index (χ2v) is 5.39. The molecule has 0 aromatic heterocycles. The van der Waals surface area contributed by atoms with Crippen LogP contribution in [-0.2, 0) is 17.8 Å². The van der Waals surface area contributed by atoms with Crippen LogP contribution in [0.5, 0.6) is 5.75 Å². The Labute approximate surface area is 128 Å². The van der Waals surface area contributed by atoms with E-state index in [1.165, 1.54) is 0 Å². The summed E-state index contributed by atoms with van der Waals surface area (Å²) in [6.45, 7) is 1.95. The molecular formula is C16H14Cl2O2. The summed E-state index contributed by atoms with van der Waals surface area (Å²) in [5, 5.41) is 1.19. The number of benzene rings is 2. The summed E-state index contributed by atoms with van der Waals surface area (Å²) >= 11 is 11.9. The van der Waals surface area contributed by atoms with Gasteiger partial charge in [-0.05, 0) is 36.8 Å². The Kier molecular flexibility index (Phi) is 5.05. The largest absolute Gasteiger partial charge is 0.489 e. The summed E-state index contributed by atoms with van der Waals surface area (Å²) in [5.74, 6) is 0.884. The molecule has 104 valence electrons. The maximum Gasteiger partial charge on any atom is 0.134 e. The highest BCUT2D eigenvalue weighted by molar-refractivity contribution is 6.35. The summed E-state index contributed by atoms with van der Waals surface area (Å²) in [7, 11) is 0. The predicted molar refractivity (Wildman–Crippen MR) is 81.6 cm³/mol. The first-order chi connectivity index (χ1) is 9.54. The van der Waals surface area contributed by atoms with E-state index in [0.717, 1.165) is 16.9 Å². The Morgan fingerprint density at radius 3 is 2.40 bits per heavy atom. The van der Waals surface area contributed by atoms with Crippen LogP contribution >= 0.6 is 23.2 Å². The molecule has 0 atom stereocenters. The lowest BCUT2D eigenvalue weighted by atomic mass is 10.1. The van der Waals surface area contributed by atoms with Crippen LogP contribution in [0, 0.1) is 0 Å². The zero-order valence-corrected chi connectivity index (χ0v) is 12.5. The number of hydrogen-bond donors (Lipinski definition) is 0. The van der Waals surface area contributed by atoms with E-state index in [4.69, 9.17) is 27.9 Å². The molecule has 0 amide bonds. The Morgan fingerprint density at radius 1 is 1.10 bits per heavy atom. The van der Waals surface area contributed by atoms with Crippen LogP contribution < -0.4 is 4.74 Å². The summed E-state index contributed by atoms with van der Waals surface area (Å²) in [5.41, 5.74) is 1.86. The number of ether oxygens (including phenoxy) is 1. The Hall–Kier alpha value is -1.51. The van der Waals surface area contributed by atoms with Crippen molar-refractivity contribution >= 4 is 29.0 Å². The third-order valence-electron chi connectivity index (χ3n) is 2.79. The lowest BCUT2D eigenvalue weighted by molar-refractivity contribution is -0.116. The van der Waals surface area contributed by atoms with E-state index in [9.17, 15) is 4.79 Å². The van der Waals surface area contributed by atoms with Crippen molar-refractivity contribution in [1.29, 1.82) is 0 Å². The minimum atomic E-state index is 0.145. The molecule has 2 aromatic carbocycles. The van der Waals surface area contributed by atoms with E-state index in [0.29, 0.717) is 23.1 Å². The fourth-order valence-corrected chi connectivity index (χ4v) is 2.25. The number of rotatable bonds is 5. The van der Waals surface area contributed by atoms with Gasteiger partial charge in [0.05, 0.1) is 0 Å². The molecule has 0 heterocycles. The third-order valence-corrected chi connectivity index (χ3v) is 3.37. The molecule has 4 heteroatoms. The molecule has 0 saturated heterocycles. The average molecular weight is 309 g/mol. The smallest absolute Gasteiger partial charge is 0.134 e. The van der Waals surface area contributed by atoms with Crippen LogP contribution in [0.1, 0.15) is 18.1 Å². The van der Waals surface area contributed by atoms with Gasteiger partial charge in [0.2, 0.25) is 0 Å². The predicted octanol–water partition coefficient (Wildman–Crippen LogP) is 4.70. The lowest BCUT2D eigenvalue weighted by Crippen LogP contribution is -1.98. The topological polar surface area (TPSA) is 26.3 Å². The van der Waals surface area contributed by atoms with Crippen molar-refractivity contribution < 1.29 is 9.53 Å².